The maximum atomic E-state index is 12.3. The number of rotatable bonds is 3. The Labute approximate surface area is 108 Å². The molecule has 1 aromatic heterocycles. The number of nitrogens with one attached hydrogen (secondary N) is 1. The lowest BCUT2D eigenvalue weighted by Crippen LogP contribution is -2.37. The number of carbonyl (C=O) groups excluding carboxylic acids is 1. The second-order valence-electron chi connectivity index (χ2n) is 5.21. The molecule has 0 bridgehead atoms. The van der Waals surface area contributed by atoms with Gasteiger partial charge in [-0.3, -0.25) is 4.79 Å². The summed E-state index contributed by atoms with van der Waals surface area (Å²) in [6.07, 6.45) is 2.31. The summed E-state index contributed by atoms with van der Waals surface area (Å²) >= 11 is 0. The molecule has 0 unspecified atom stereocenters. The lowest BCUT2D eigenvalue weighted by molar-refractivity contribution is 0.0761. The summed E-state index contributed by atoms with van der Waals surface area (Å²) in [6.45, 7) is 6.69. The largest absolute Gasteiger partial charge is 0.466 e. The van der Waals surface area contributed by atoms with Crippen molar-refractivity contribution in [2.45, 2.75) is 26.7 Å². The molecule has 0 aromatic carbocycles. The zero-order valence-corrected chi connectivity index (χ0v) is 11.5. The van der Waals surface area contributed by atoms with E-state index in [1.54, 1.807) is 0 Å². The van der Waals surface area contributed by atoms with Gasteiger partial charge in [0.1, 0.15) is 11.5 Å². The van der Waals surface area contributed by atoms with Crippen molar-refractivity contribution >= 4 is 5.91 Å². The summed E-state index contributed by atoms with van der Waals surface area (Å²) in [5.74, 6) is 2.21. The van der Waals surface area contributed by atoms with Gasteiger partial charge >= 0.3 is 0 Å². The second kappa shape index (κ2) is 5.57. The molecule has 1 aliphatic rings. The molecule has 2 rings (SSSR count). The number of aryl methyl sites for hydroxylation is 2. The lowest BCUT2D eigenvalue weighted by Gasteiger charge is -2.27. The number of amides is 1. The average Bonchev–Trinajstić information content (AvgIpc) is 2.68. The Hall–Kier alpha value is -1.29. The molecular formula is C14H22N2O2. The Morgan fingerprint density at radius 1 is 1.44 bits per heavy atom. The molecule has 1 saturated heterocycles. The highest BCUT2D eigenvalue weighted by molar-refractivity contribution is 5.95. The van der Waals surface area contributed by atoms with Crippen molar-refractivity contribution < 1.29 is 9.21 Å². The van der Waals surface area contributed by atoms with Crippen molar-refractivity contribution in [2.24, 2.45) is 5.92 Å². The molecule has 1 aliphatic heterocycles. The summed E-state index contributed by atoms with van der Waals surface area (Å²) in [7, 11) is 1.88. The first kappa shape index (κ1) is 13.1. The Morgan fingerprint density at radius 3 is 2.67 bits per heavy atom. The van der Waals surface area contributed by atoms with Crippen LogP contribution in [0.5, 0.6) is 0 Å². The van der Waals surface area contributed by atoms with Gasteiger partial charge in [0, 0.05) is 13.6 Å². The molecular weight excluding hydrogens is 228 g/mol. The fraction of sp³-hybridized carbons (Fsp3) is 0.643. The summed E-state index contributed by atoms with van der Waals surface area (Å²) in [6, 6.07) is 1.83. The molecule has 0 aliphatic carbocycles. The second-order valence-corrected chi connectivity index (χ2v) is 5.21. The van der Waals surface area contributed by atoms with E-state index < -0.39 is 0 Å². The molecule has 4 nitrogen and oxygen atoms in total. The number of hydrogen-bond acceptors (Lipinski definition) is 3. The third-order valence-corrected chi connectivity index (χ3v) is 3.61. The van der Waals surface area contributed by atoms with E-state index >= 15 is 0 Å². The van der Waals surface area contributed by atoms with Crippen LogP contribution in [0.25, 0.3) is 0 Å². The predicted octanol–water partition coefficient (Wildman–Crippen LogP) is 1.97. The van der Waals surface area contributed by atoms with E-state index in [2.05, 4.69) is 5.32 Å². The van der Waals surface area contributed by atoms with Gasteiger partial charge < -0.3 is 14.6 Å². The van der Waals surface area contributed by atoms with Gasteiger partial charge in [-0.1, -0.05) is 0 Å². The summed E-state index contributed by atoms with van der Waals surface area (Å²) in [4.78, 5) is 14.1. The number of hydrogen-bond donors (Lipinski definition) is 1. The first-order chi connectivity index (χ1) is 8.58. The normalized spacial score (nSPS) is 16.8. The van der Waals surface area contributed by atoms with Crippen LogP contribution in [0, 0.1) is 19.8 Å². The van der Waals surface area contributed by atoms with Crippen LogP contribution in [-0.4, -0.2) is 37.5 Å². The quantitative estimate of drug-likeness (QED) is 0.892. The van der Waals surface area contributed by atoms with Crippen LogP contribution >= 0.6 is 0 Å². The standard InChI is InChI=1S/C14H22N2O2/c1-10-8-13(11(2)18-10)14(17)16(3)9-12-4-6-15-7-5-12/h8,12,15H,4-7,9H2,1-3H3. The first-order valence-corrected chi connectivity index (χ1v) is 6.61. The van der Waals surface area contributed by atoms with Crippen molar-refractivity contribution in [3.05, 3.63) is 23.2 Å². The molecule has 1 fully saturated rings. The van der Waals surface area contributed by atoms with E-state index in [1.165, 1.54) is 0 Å². The number of furan rings is 1. The minimum Gasteiger partial charge on any atom is -0.466 e. The Bertz CT molecular complexity index is 419. The minimum absolute atomic E-state index is 0.0721. The van der Waals surface area contributed by atoms with E-state index in [4.69, 9.17) is 4.42 Å². The highest BCUT2D eigenvalue weighted by atomic mass is 16.3. The summed E-state index contributed by atoms with van der Waals surface area (Å²) < 4.78 is 5.42. The van der Waals surface area contributed by atoms with E-state index in [0.717, 1.165) is 44.0 Å². The van der Waals surface area contributed by atoms with Gasteiger partial charge in [0.15, 0.2) is 0 Å². The zero-order valence-electron chi connectivity index (χ0n) is 11.5. The molecule has 0 atom stereocenters. The highest BCUT2D eigenvalue weighted by Gasteiger charge is 2.21. The van der Waals surface area contributed by atoms with E-state index in [1.807, 2.05) is 31.9 Å². The van der Waals surface area contributed by atoms with E-state index in [0.29, 0.717) is 11.5 Å². The molecule has 0 spiro atoms. The fourth-order valence-electron chi connectivity index (χ4n) is 2.58. The third-order valence-electron chi connectivity index (χ3n) is 3.61. The number of nitrogens with zero attached hydrogens (tertiary/aromatic N) is 1. The average molecular weight is 250 g/mol. The number of carbonyl (C=O) groups is 1. The molecule has 18 heavy (non-hydrogen) atoms. The van der Waals surface area contributed by atoms with Crippen LogP contribution < -0.4 is 5.32 Å². The highest BCUT2D eigenvalue weighted by Crippen LogP contribution is 2.18. The van der Waals surface area contributed by atoms with Gasteiger partial charge in [-0.2, -0.15) is 0 Å². The van der Waals surface area contributed by atoms with Gasteiger partial charge in [-0.05, 0) is 51.8 Å². The molecule has 100 valence electrons. The first-order valence-electron chi connectivity index (χ1n) is 6.61. The summed E-state index contributed by atoms with van der Waals surface area (Å²) in [5, 5.41) is 3.34. The van der Waals surface area contributed by atoms with Crippen LogP contribution in [0.4, 0.5) is 0 Å². The maximum Gasteiger partial charge on any atom is 0.257 e. The van der Waals surface area contributed by atoms with Crippen LogP contribution in [0.3, 0.4) is 0 Å². The van der Waals surface area contributed by atoms with Crippen molar-refractivity contribution in [1.82, 2.24) is 10.2 Å². The maximum absolute atomic E-state index is 12.3. The van der Waals surface area contributed by atoms with Crippen LogP contribution in [0.2, 0.25) is 0 Å². The van der Waals surface area contributed by atoms with Gasteiger partial charge in [0.25, 0.3) is 5.91 Å². The summed E-state index contributed by atoms with van der Waals surface area (Å²) in [5.41, 5.74) is 0.698. The molecule has 2 heterocycles. The van der Waals surface area contributed by atoms with E-state index in [-0.39, 0.29) is 5.91 Å². The molecule has 4 heteroatoms. The Kier molecular flexibility index (Phi) is 4.07. The Morgan fingerprint density at radius 2 is 2.11 bits per heavy atom. The molecule has 1 aromatic rings. The topological polar surface area (TPSA) is 45.5 Å². The molecule has 0 radical (unpaired) electrons. The van der Waals surface area contributed by atoms with Crippen LogP contribution in [-0.2, 0) is 0 Å². The monoisotopic (exact) mass is 250 g/mol. The number of piperidine rings is 1. The molecule has 1 N–H and O–H groups in total. The zero-order chi connectivity index (χ0) is 13.1. The van der Waals surface area contributed by atoms with Gasteiger partial charge in [0.2, 0.25) is 0 Å². The molecule has 0 saturated carbocycles. The smallest absolute Gasteiger partial charge is 0.257 e. The van der Waals surface area contributed by atoms with Crippen molar-refractivity contribution in [3.8, 4) is 0 Å². The SMILES string of the molecule is Cc1cc(C(=O)N(C)CC2CCNCC2)c(C)o1. The van der Waals surface area contributed by atoms with Gasteiger partial charge in [-0.15, -0.1) is 0 Å². The Balaban J connectivity index is 1.97. The van der Waals surface area contributed by atoms with Crippen LogP contribution in [0.15, 0.2) is 10.5 Å². The van der Waals surface area contributed by atoms with E-state index in [9.17, 15) is 4.79 Å². The van der Waals surface area contributed by atoms with Crippen molar-refractivity contribution in [2.75, 3.05) is 26.7 Å². The van der Waals surface area contributed by atoms with Crippen molar-refractivity contribution in [3.63, 3.8) is 0 Å². The van der Waals surface area contributed by atoms with Gasteiger partial charge in [0.05, 0.1) is 5.56 Å². The minimum atomic E-state index is 0.0721. The third kappa shape index (κ3) is 2.93. The van der Waals surface area contributed by atoms with Crippen molar-refractivity contribution in [1.29, 1.82) is 0 Å². The van der Waals surface area contributed by atoms with Crippen LogP contribution in [0.1, 0.15) is 34.7 Å². The molecule has 1 amide bonds. The fourth-order valence-corrected chi connectivity index (χ4v) is 2.58. The van der Waals surface area contributed by atoms with Gasteiger partial charge in [-0.25, -0.2) is 0 Å². The lowest BCUT2D eigenvalue weighted by atomic mass is 9.97. The predicted molar refractivity (Wildman–Crippen MR) is 70.7 cm³/mol.